The van der Waals surface area contributed by atoms with Gasteiger partial charge in [-0.1, -0.05) is 6.07 Å². The molecule has 0 bridgehead atoms. The second-order valence-electron chi connectivity index (χ2n) is 2.65. The third kappa shape index (κ3) is 2.60. The van der Waals surface area contributed by atoms with Gasteiger partial charge >= 0.3 is 5.38 Å². The molecule has 0 radical (unpaired) electrons. The minimum Gasteiger partial charge on any atom is -0.389 e. The standard InChI is InChI=1S/C8H8ClF2NO/c1-5(13)6-2-3-7(12-4-6)8(9,10)11/h2-5,13H,1H3. The number of rotatable bonds is 2. The summed E-state index contributed by atoms with van der Waals surface area (Å²) >= 11 is 4.73. The fourth-order valence-corrected chi connectivity index (χ4v) is 0.932. The molecule has 13 heavy (non-hydrogen) atoms. The van der Waals surface area contributed by atoms with Crippen molar-refractivity contribution in [2.24, 2.45) is 0 Å². The molecule has 0 saturated heterocycles. The molecule has 0 aliphatic rings. The second-order valence-corrected chi connectivity index (χ2v) is 3.13. The van der Waals surface area contributed by atoms with Crippen LogP contribution in [-0.2, 0) is 5.38 Å². The van der Waals surface area contributed by atoms with Crippen molar-refractivity contribution in [1.82, 2.24) is 4.98 Å². The maximum absolute atomic E-state index is 12.4. The fourth-order valence-electron chi connectivity index (χ4n) is 0.820. The zero-order valence-electron chi connectivity index (χ0n) is 6.84. The topological polar surface area (TPSA) is 33.1 Å². The van der Waals surface area contributed by atoms with Crippen LogP contribution in [0.1, 0.15) is 24.3 Å². The number of aliphatic hydroxyl groups excluding tert-OH is 1. The van der Waals surface area contributed by atoms with E-state index in [1.54, 1.807) is 0 Å². The van der Waals surface area contributed by atoms with E-state index >= 15 is 0 Å². The van der Waals surface area contributed by atoms with E-state index in [-0.39, 0.29) is 0 Å². The van der Waals surface area contributed by atoms with Crippen LogP contribution >= 0.6 is 11.6 Å². The van der Waals surface area contributed by atoms with E-state index in [9.17, 15) is 8.78 Å². The summed E-state index contributed by atoms with van der Waals surface area (Å²) in [5.41, 5.74) is -0.0387. The molecule has 0 aliphatic carbocycles. The minimum atomic E-state index is -3.45. The van der Waals surface area contributed by atoms with Crippen LogP contribution in [-0.4, -0.2) is 10.1 Å². The lowest BCUT2D eigenvalue weighted by molar-refractivity contribution is 0.0897. The Morgan fingerprint density at radius 3 is 2.46 bits per heavy atom. The molecule has 0 fully saturated rings. The third-order valence-electron chi connectivity index (χ3n) is 1.56. The molecule has 1 heterocycles. The molecule has 1 aromatic heterocycles. The predicted octanol–water partition coefficient (Wildman–Crippen LogP) is 2.42. The lowest BCUT2D eigenvalue weighted by Gasteiger charge is -2.08. The maximum Gasteiger partial charge on any atom is 0.364 e. The minimum absolute atomic E-state index is 0.477. The molecule has 0 amide bonds. The zero-order valence-corrected chi connectivity index (χ0v) is 7.59. The average Bonchev–Trinajstić information content (AvgIpc) is 2.03. The average molecular weight is 208 g/mol. The number of pyridine rings is 1. The van der Waals surface area contributed by atoms with Gasteiger partial charge in [-0.05, 0) is 30.2 Å². The Bertz CT molecular complexity index is 281. The van der Waals surface area contributed by atoms with Gasteiger partial charge < -0.3 is 5.11 Å². The zero-order chi connectivity index (χ0) is 10.1. The molecule has 0 saturated carbocycles. The Labute approximate surface area is 79.2 Å². The molecular weight excluding hydrogens is 200 g/mol. The molecule has 0 spiro atoms. The largest absolute Gasteiger partial charge is 0.389 e. The first-order chi connectivity index (χ1) is 5.91. The first-order valence-corrected chi connectivity index (χ1v) is 4.00. The summed E-state index contributed by atoms with van der Waals surface area (Å²) in [5.74, 6) is 0. The van der Waals surface area contributed by atoms with E-state index in [4.69, 9.17) is 16.7 Å². The monoisotopic (exact) mass is 207 g/mol. The van der Waals surface area contributed by atoms with E-state index in [0.717, 1.165) is 6.07 Å². The van der Waals surface area contributed by atoms with Gasteiger partial charge in [0.05, 0.1) is 6.10 Å². The molecular formula is C8H8ClF2NO. The number of alkyl halides is 3. The SMILES string of the molecule is CC(O)c1ccc(C(F)(F)Cl)nc1. The molecule has 0 aliphatic heterocycles. The third-order valence-corrected chi connectivity index (χ3v) is 1.75. The smallest absolute Gasteiger partial charge is 0.364 e. The van der Waals surface area contributed by atoms with E-state index in [1.165, 1.54) is 19.2 Å². The summed E-state index contributed by atoms with van der Waals surface area (Å²) in [4.78, 5) is 3.43. The highest BCUT2D eigenvalue weighted by molar-refractivity contribution is 6.21. The Morgan fingerprint density at radius 1 is 1.54 bits per heavy atom. The number of hydrogen-bond acceptors (Lipinski definition) is 2. The van der Waals surface area contributed by atoms with Crippen molar-refractivity contribution in [2.45, 2.75) is 18.4 Å². The van der Waals surface area contributed by atoms with E-state index < -0.39 is 17.2 Å². The van der Waals surface area contributed by atoms with Gasteiger partial charge in [-0.25, -0.2) is 0 Å². The maximum atomic E-state index is 12.4. The van der Waals surface area contributed by atoms with E-state index in [1.807, 2.05) is 0 Å². The van der Waals surface area contributed by atoms with Gasteiger partial charge in [-0.2, -0.15) is 8.78 Å². The molecule has 0 aromatic carbocycles. The van der Waals surface area contributed by atoms with Gasteiger partial charge in [-0.3, -0.25) is 4.98 Å². The summed E-state index contributed by atoms with van der Waals surface area (Å²) in [6.07, 6.45) is 0.460. The van der Waals surface area contributed by atoms with Crippen molar-refractivity contribution in [2.75, 3.05) is 0 Å². The summed E-state index contributed by atoms with van der Waals surface area (Å²) < 4.78 is 24.9. The van der Waals surface area contributed by atoms with Crippen LogP contribution in [0.3, 0.4) is 0 Å². The molecule has 1 aromatic rings. The van der Waals surface area contributed by atoms with Gasteiger partial charge in [-0.15, -0.1) is 0 Å². The van der Waals surface area contributed by atoms with Crippen molar-refractivity contribution in [1.29, 1.82) is 0 Å². The quantitative estimate of drug-likeness (QED) is 0.756. The van der Waals surface area contributed by atoms with Gasteiger partial charge in [0.1, 0.15) is 5.69 Å². The Kier molecular flexibility index (Phi) is 2.83. The summed E-state index contributed by atoms with van der Waals surface area (Å²) in [5, 5.41) is 5.61. The molecule has 2 nitrogen and oxygen atoms in total. The predicted molar refractivity (Wildman–Crippen MR) is 44.6 cm³/mol. The van der Waals surface area contributed by atoms with Crippen molar-refractivity contribution in [3.05, 3.63) is 29.6 Å². The highest BCUT2D eigenvalue weighted by Crippen LogP contribution is 2.30. The number of aliphatic hydroxyl groups is 1. The number of nitrogens with zero attached hydrogens (tertiary/aromatic N) is 1. The Morgan fingerprint density at radius 2 is 2.15 bits per heavy atom. The van der Waals surface area contributed by atoms with Gasteiger partial charge in [0, 0.05) is 6.20 Å². The first-order valence-electron chi connectivity index (χ1n) is 3.62. The van der Waals surface area contributed by atoms with Crippen molar-refractivity contribution >= 4 is 11.6 Å². The lowest BCUT2D eigenvalue weighted by Crippen LogP contribution is -2.06. The van der Waals surface area contributed by atoms with Crippen LogP contribution in [0.2, 0.25) is 0 Å². The fraction of sp³-hybridized carbons (Fsp3) is 0.375. The first kappa shape index (κ1) is 10.3. The van der Waals surface area contributed by atoms with Crippen molar-refractivity contribution in [3.63, 3.8) is 0 Å². The molecule has 1 unspecified atom stereocenters. The number of halogens is 3. The van der Waals surface area contributed by atoms with Crippen LogP contribution in [0.4, 0.5) is 8.78 Å². The Balaban J connectivity index is 2.94. The van der Waals surface area contributed by atoms with Crippen LogP contribution < -0.4 is 0 Å². The molecule has 72 valence electrons. The molecule has 1 rings (SSSR count). The van der Waals surface area contributed by atoms with E-state index in [0.29, 0.717) is 5.56 Å². The normalized spacial score (nSPS) is 14.2. The van der Waals surface area contributed by atoms with Gasteiger partial charge in [0.15, 0.2) is 0 Å². The summed E-state index contributed by atoms with van der Waals surface area (Å²) in [6, 6.07) is 2.46. The highest BCUT2D eigenvalue weighted by Gasteiger charge is 2.29. The summed E-state index contributed by atoms with van der Waals surface area (Å²) in [6.45, 7) is 1.52. The Hall–Kier alpha value is -0.740. The second kappa shape index (κ2) is 3.55. The summed E-state index contributed by atoms with van der Waals surface area (Å²) in [7, 11) is 0. The van der Waals surface area contributed by atoms with E-state index in [2.05, 4.69) is 4.98 Å². The van der Waals surface area contributed by atoms with Crippen LogP contribution in [0.5, 0.6) is 0 Å². The molecule has 1 atom stereocenters. The van der Waals surface area contributed by atoms with Crippen LogP contribution in [0.15, 0.2) is 18.3 Å². The van der Waals surface area contributed by atoms with Crippen molar-refractivity contribution < 1.29 is 13.9 Å². The van der Waals surface area contributed by atoms with Crippen molar-refractivity contribution in [3.8, 4) is 0 Å². The number of hydrogen-bond donors (Lipinski definition) is 1. The van der Waals surface area contributed by atoms with Gasteiger partial charge in [0.25, 0.3) is 0 Å². The van der Waals surface area contributed by atoms with Crippen LogP contribution in [0.25, 0.3) is 0 Å². The van der Waals surface area contributed by atoms with Gasteiger partial charge in [0.2, 0.25) is 0 Å². The molecule has 1 N–H and O–H groups in total. The van der Waals surface area contributed by atoms with Crippen LogP contribution in [0, 0.1) is 0 Å². The molecule has 5 heteroatoms. The number of aromatic nitrogens is 1. The highest BCUT2D eigenvalue weighted by atomic mass is 35.5. The lowest BCUT2D eigenvalue weighted by atomic mass is 10.2.